The minimum Gasteiger partial charge on any atom is -0.496 e. The fraction of sp³-hybridized carbons (Fsp3) is 0.556. The molecular weight excluding hydrogens is 356 g/mol. The van der Waals surface area contributed by atoms with E-state index in [1.807, 2.05) is 6.07 Å². The number of rotatable bonds is 2. The van der Waals surface area contributed by atoms with Gasteiger partial charge < -0.3 is 9.47 Å². The molecule has 162 valence electrons. The van der Waals surface area contributed by atoms with Crippen LogP contribution in [0.1, 0.15) is 84.6 Å². The summed E-state index contributed by atoms with van der Waals surface area (Å²) in [5, 5.41) is 0. The van der Waals surface area contributed by atoms with E-state index in [1.165, 1.54) is 22.3 Å². The third kappa shape index (κ3) is 6.80. The maximum Gasteiger partial charge on any atom is 0.126 e. The van der Waals surface area contributed by atoms with Gasteiger partial charge in [0, 0.05) is 0 Å². The fourth-order valence-corrected chi connectivity index (χ4v) is 3.35. The smallest absolute Gasteiger partial charge is 0.126 e. The summed E-state index contributed by atoms with van der Waals surface area (Å²) in [6.45, 7) is 22.0. The zero-order valence-electron chi connectivity index (χ0n) is 20.8. The van der Waals surface area contributed by atoms with Crippen molar-refractivity contribution in [2.24, 2.45) is 0 Å². The van der Waals surface area contributed by atoms with Gasteiger partial charge >= 0.3 is 0 Å². The Labute approximate surface area is 179 Å². The second-order valence-electron chi connectivity index (χ2n) is 10.8. The second kappa shape index (κ2) is 9.24. The number of benzene rings is 2. The maximum absolute atomic E-state index is 5.63. The number of para-hydroxylation sites is 1. The average molecular weight is 399 g/mol. The van der Waals surface area contributed by atoms with Gasteiger partial charge in [0.15, 0.2) is 0 Å². The number of ether oxygens (including phenoxy) is 2. The van der Waals surface area contributed by atoms with Gasteiger partial charge in [-0.05, 0) is 45.9 Å². The molecule has 0 saturated heterocycles. The third-order valence-electron chi connectivity index (χ3n) is 5.00. The van der Waals surface area contributed by atoms with Gasteiger partial charge in [-0.2, -0.15) is 0 Å². The van der Waals surface area contributed by atoms with E-state index in [9.17, 15) is 0 Å². The van der Waals surface area contributed by atoms with E-state index >= 15 is 0 Å². The van der Waals surface area contributed by atoms with E-state index in [0.29, 0.717) is 0 Å². The largest absolute Gasteiger partial charge is 0.496 e. The third-order valence-corrected chi connectivity index (χ3v) is 5.00. The lowest BCUT2D eigenvalue weighted by Crippen LogP contribution is -2.18. The summed E-state index contributed by atoms with van der Waals surface area (Å²) in [5.74, 6) is 2.03. The molecule has 0 amide bonds. The van der Waals surface area contributed by atoms with Crippen LogP contribution in [0.25, 0.3) is 0 Å². The first-order chi connectivity index (χ1) is 13.1. The molecule has 0 N–H and O–H groups in total. The van der Waals surface area contributed by atoms with E-state index in [-0.39, 0.29) is 16.2 Å². The number of aryl methyl sites for hydroxylation is 1. The van der Waals surface area contributed by atoms with Crippen molar-refractivity contribution in [1.82, 2.24) is 0 Å². The first-order valence-corrected chi connectivity index (χ1v) is 10.5. The molecule has 0 bridgehead atoms. The summed E-state index contributed by atoms with van der Waals surface area (Å²) in [6.07, 6.45) is 0. The van der Waals surface area contributed by atoms with Crippen molar-refractivity contribution in [1.29, 1.82) is 0 Å². The number of methoxy groups -OCH3 is 2. The lowest BCUT2D eigenvalue weighted by Gasteiger charge is -2.28. The predicted molar refractivity (Wildman–Crippen MR) is 127 cm³/mol. The Kier molecular flexibility index (Phi) is 7.99. The molecule has 0 radical (unpaired) electrons. The predicted octanol–water partition coefficient (Wildman–Crippen LogP) is 7.59. The molecule has 2 aromatic rings. The van der Waals surface area contributed by atoms with E-state index in [2.05, 4.69) is 99.6 Å². The highest BCUT2D eigenvalue weighted by Gasteiger charge is 2.25. The standard InChI is InChI=1S/C15H24O.C12H18O/c1-14(2,3)11-9-8-10-12(13(11)16-7)15(4,5)6;1-9-6-7-11(13-5)10(8-9)12(2,3)4/h8-10H,1-7H3;6-8H,1-5H3. The molecule has 2 nitrogen and oxygen atoms in total. The maximum atomic E-state index is 5.63. The highest BCUT2D eigenvalue weighted by molar-refractivity contribution is 5.48. The minimum atomic E-state index is 0.118. The van der Waals surface area contributed by atoms with Gasteiger partial charge in [-0.25, -0.2) is 0 Å². The number of hydrogen-bond donors (Lipinski definition) is 0. The molecule has 2 rings (SSSR count). The van der Waals surface area contributed by atoms with Crippen molar-refractivity contribution in [3.05, 3.63) is 58.7 Å². The molecule has 29 heavy (non-hydrogen) atoms. The quantitative estimate of drug-likeness (QED) is 0.519. The Balaban J connectivity index is 0.000000296. The zero-order chi connectivity index (χ0) is 22.6. The molecule has 0 aliphatic carbocycles. The Bertz CT molecular complexity index is 765. The molecule has 0 heterocycles. The van der Waals surface area contributed by atoms with Gasteiger partial charge in [0.05, 0.1) is 14.2 Å². The Morgan fingerprint density at radius 3 is 1.38 bits per heavy atom. The van der Waals surface area contributed by atoms with Gasteiger partial charge in [-0.15, -0.1) is 0 Å². The van der Waals surface area contributed by atoms with E-state index < -0.39 is 0 Å². The lowest BCUT2D eigenvalue weighted by molar-refractivity contribution is 0.381. The normalized spacial score (nSPS) is 12.1. The molecule has 0 aliphatic rings. The van der Waals surface area contributed by atoms with Gasteiger partial charge in [-0.1, -0.05) is 98.2 Å². The van der Waals surface area contributed by atoms with Crippen molar-refractivity contribution >= 4 is 0 Å². The molecule has 0 unspecified atom stereocenters. The summed E-state index contributed by atoms with van der Waals surface area (Å²) in [4.78, 5) is 0. The molecule has 0 spiro atoms. The van der Waals surface area contributed by atoms with Crippen LogP contribution >= 0.6 is 0 Å². The van der Waals surface area contributed by atoms with Crippen LogP contribution in [0.3, 0.4) is 0 Å². The van der Waals surface area contributed by atoms with Crippen molar-refractivity contribution in [3.8, 4) is 11.5 Å². The van der Waals surface area contributed by atoms with Gasteiger partial charge in [0.1, 0.15) is 11.5 Å². The highest BCUT2D eigenvalue weighted by atomic mass is 16.5. The number of hydrogen-bond acceptors (Lipinski definition) is 2. The summed E-state index contributed by atoms with van der Waals surface area (Å²) >= 11 is 0. The van der Waals surface area contributed by atoms with Crippen molar-refractivity contribution in [2.75, 3.05) is 14.2 Å². The first kappa shape index (κ1) is 25.1. The zero-order valence-corrected chi connectivity index (χ0v) is 20.8. The molecule has 0 atom stereocenters. The Morgan fingerprint density at radius 2 is 1.03 bits per heavy atom. The summed E-state index contributed by atoms with van der Waals surface area (Å²) in [7, 11) is 3.49. The van der Waals surface area contributed by atoms with Crippen molar-refractivity contribution in [3.63, 3.8) is 0 Å². The van der Waals surface area contributed by atoms with Crippen LogP contribution in [-0.2, 0) is 16.2 Å². The van der Waals surface area contributed by atoms with E-state index in [4.69, 9.17) is 9.47 Å². The van der Waals surface area contributed by atoms with Crippen LogP contribution in [0.2, 0.25) is 0 Å². The fourth-order valence-electron chi connectivity index (χ4n) is 3.35. The van der Waals surface area contributed by atoms with Crippen molar-refractivity contribution in [2.45, 2.75) is 85.5 Å². The molecule has 2 heteroatoms. The van der Waals surface area contributed by atoms with Crippen LogP contribution in [0, 0.1) is 6.92 Å². The van der Waals surface area contributed by atoms with Crippen LogP contribution in [0.4, 0.5) is 0 Å². The monoisotopic (exact) mass is 398 g/mol. The van der Waals surface area contributed by atoms with Gasteiger partial charge in [-0.3, -0.25) is 0 Å². The summed E-state index contributed by atoms with van der Waals surface area (Å²) in [6, 6.07) is 12.8. The topological polar surface area (TPSA) is 18.5 Å². The average Bonchev–Trinajstić information content (AvgIpc) is 2.59. The molecule has 0 fully saturated rings. The minimum absolute atomic E-state index is 0.118. The van der Waals surface area contributed by atoms with Crippen LogP contribution < -0.4 is 9.47 Å². The van der Waals surface area contributed by atoms with E-state index in [1.54, 1.807) is 14.2 Å². The molecular formula is C27H42O2. The first-order valence-electron chi connectivity index (χ1n) is 10.5. The Morgan fingerprint density at radius 1 is 0.586 bits per heavy atom. The summed E-state index contributed by atoms with van der Waals surface area (Å²) < 4.78 is 11.0. The van der Waals surface area contributed by atoms with Crippen LogP contribution in [0.15, 0.2) is 36.4 Å². The van der Waals surface area contributed by atoms with Crippen LogP contribution in [-0.4, -0.2) is 14.2 Å². The Hall–Kier alpha value is -1.96. The van der Waals surface area contributed by atoms with Crippen molar-refractivity contribution < 1.29 is 9.47 Å². The van der Waals surface area contributed by atoms with Crippen LogP contribution in [0.5, 0.6) is 11.5 Å². The van der Waals surface area contributed by atoms with Gasteiger partial charge in [0.2, 0.25) is 0 Å². The SMILES string of the molecule is COc1c(C(C)(C)C)cccc1C(C)(C)C.COc1ccc(C)cc1C(C)(C)C. The lowest BCUT2D eigenvalue weighted by atomic mass is 9.79. The molecule has 0 saturated carbocycles. The second-order valence-corrected chi connectivity index (χ2v) is 10.8. The summed E-state index contributed by atoms with van der Waals surface area (Å²) in [5.41, 5.74) is 5.50. The molecule has 2 aromatic carbocycles. The molecule has 0 aliphatic heterocycles. The molecule has 0 aromatic heterocycles. The highest BCUT2D eigenvalue weighted by Crippen LogP contribution is 2.39. The van der Waals surface area contributed by atoms with Gasteiger partial charge in [0.25, 0.3) is 0 Å². The van der Waals surface area contributed by atoms with E-state index in [0.717, 1.165) is 11.5 Å².